The van der Waals surface area contributed by atoms with Gasteiger partial charge in [-0.1, -0.05) is 35.0 Å². The summed E-state index contributed by atoms with van der Waals surface area (Å²) in [7, 11) is 0. The average molecular weight is 275 g/mol. The van der Waals surface area contributed by atoms with Crippen molar-refractivity contribution in [2.24, 2.45) is 0 Å². The highest BCUT2D eigenvalue weighted by Crippen LogP contribution is 2.26. The summed E-state index contributed by atoms with van der Waals surface area (Å²) in [6.07, 6.45) is 1.88. The van der Waals surface area contributed by atoms with E-state index in [4.69, 9.17) is 29.0 Å². The second-order valence-corrected chi connectivity index (χ2v) is 4.68. The Morgan fingerprint density at radius 2 is 1.81 bits per heavy atom. The summed E-state index contributed by atoms with van der Waals surface area (Å²) in [6, 6.07) is 5.13. The molecule has 4 nitrogen and oxygen atoms in total. The zero-order valence-corrected chi connectivity index (χ0v) is 10.6. The van der Waals surface area contributed by atoms with Crippen molar-refractivity contribution >= 4 is 35.0 Å². The van der Waals surface area contributed by atoms with Gasteiger partial charge >= 0.3 is 0 Å². The highest BCUT2D eigenvalue weighted by Gasteiger charge is 2.11. The van der Waals surface area contributed by atoms with Crippen LogP contribution in [0.25, 0.3) is 11.4 Å². The molecule has 0 aliphatic carbocycles. The minimum atomic E-state index is 0.536. The molecule has 0 aliphatic rings. The zero-order valence-electron chi connectivity index (χ0n) is 8.32. The van der Waals surface area contributed by atoms with Crippen molar-refractivity contribution in [3.8, 4) is 11.4 Å². The molecule has 0 atom stereocenters. The van der Waals surface area contributed by atoms with Gasteiger partial charge in [-0.2, -0.15) is 0 Å². The molecule has 0 saturated carbocycles. The lowest BCUT2D eigenvalue weighted by atomic mass is 10.2. The first kappa shape index (κ1) is 11.6. The third kappa shape index (κ3) is 2.11. The summed E-state index contributed by atoms with van der Waals surface area (Å²) >= 11 is 13.2. The molecular formula is C9H8Cl2N4S. The first-order valence-corrected chi connectivity index (χ1v) is 6.31. The summed E-state index contributed by atoms with van der Waals surface area (Å²) in [5.74, 6) is 6.37. The second kappa shape index (κ2) is 4.53. The van der Waals surface area contributed by atoms with Gasteiger partial charge < -0.3 is 5.84 Å². The number of thioether (sulfide) groups is 1. The van der Waals surface area contributed by atoms with Crippen molar-refractivity contribution < 1.29 is 0 Å². The number of aromatic nitrogens is 3. The Kier molecular flexibility index (Phi) is 3.28. The van der Waals surface area contributed by atoms with Crippen molar-refractivity contribution in [3.63, 3.8) is 0 Å². The lowest BCUT2D eigenvalue weighted by Crippen LogP contribution is -2.11. The first-order valence-electron chi connectivity index (χ1n) is 4.33. The van der Waals surface area contributed by atoms with Crippen LogP contribution < -0.4 is 5.84 Å². The standard InChI is InChI=1S/C9H8Cl2N4S/c1-16-9-14-13-8(15(9)12)5-2-6(10)4-7(11)3-5/h2-4H,12H2,1H3. The molecule has 0 radical (unpaired) electrons. The molecule has 0 unspecified atom stereocenters. The lowest BCUT2D eigenvalue weighted by Gasteiger charge is -2.03. The van der Waals surface area contributed by atoms with Gasteiger partial charge in [0.15, 0.2) is 5.82 Å². The van der Waals surface area contributed by atoms with Crippen LogP contribution in [0.4, 0.5) is 0 Å². The Hall–Kier alpha value is -0.910. The quantitative estimate of drug-likeness (QED) is 0.676. The van der Waals surface area contributed by atoms with E-state index in [0.717, 1.165) is 5.56 Å². The van der Waals surface area contributed by atoms with Crippen LogP contribution in [0.2, 0.25) is 10.0 Å². The van der Waals surface area contributed by atoms with Crippen LogP contribution in [-0.2, 0) is 0 Å². The Labute approximate surface area is 107 Å². The Balaban J connectivity index is 2.54. The van der Waals surface area contributed by atoms with Gasteiger partial charge in [0.25, 0.3) is 0 Å². The molecule has 0 spiro atoms. The summed E-state index contributed by atoms with van der Waals surface area (Å²) in [6.45, 7) is 0. The molecule has 84 valence electrons. The third-order valence-corrected chi connectivity index (χ3v) is 3.05. The fraction of sp³-hybridized carbons (Fsp3) is 0.111. The molecule has 16 heavy (non-hydrogen) atoms. The maximum atomic E-state index is 5.91. The van der Waals surface area contributed by atoms with Crippen LogP contribution in [0.3, 0.4) is 0 Å². The van der Waals surface area contributed by atoms with Gasteiger partial charge in [0, 0.05) is 15.6 Å². The minimum Gasteiger partial charge on any atom is -0.335 e. The molecule has 0 saturated heterocycles. The molecule has 0 amide bonds. The molecule has 7 heteroatoms. The first-order chi connectivity index (χ1) is 7.61. The van der Waals surface area contributed by atoms with Crippen molar-refractivity contribution in [1.29, 1.82) is 0 Å². The summed E-state index contributed by atoms with van der Waals surface area (Å²) in [5, 5.41) is 9.63. The van der Waals surface area contributed by atoms with Gasteiger partial charge in [0.1, 0.15) is 0 Å². The molecule has 0 fully saturated rings. The Morgan fingerprint density at radius 1 is 1.19 bits per heavy atom. The number of halogens is 2. The molecule has 2 rings (SSSR count). The number of nitrogens with zero attached hydrogens (tertiary/aromatic N) is 3. The zero-order chi connectivity index (χ0) is 11.7. The molecule has 0 aliphatic heterocycles. The van der Waals surface area contributed by atoms with Gasteiger partial charge in [0.2, 0.25) is 5.16 Å². The van der Waals surface area contributed by atoms with E-state index in [2.05, 4.69) is 10.2 Å². The van der Waals surface area contributed by atoms with Crippen LogP contribution >= 0.6 is 35.0 Å². The molecule has 1 aromatic carbocycles. The maximum absolute atomic E-state index is 5.91. The van der Waals surface area contributed by atoms with E-state index in [1.165, 1.54) is 16.4 Å². The summed E-state index contributed by atoms with van der Waals surface area (Å²) in [4.78, 5) is 0. The normalized spacial score (nSPS) is 10.7. The third-order valence-electron chi connectivity index (χ3n) is 1.97. The Bertz CT molecular complexity index is 506. The second-order valence-electron chi connectivity index (χ2n) is 3.04. The predicted molar refractivity (Wildman–Crippen MR) is 67.4 cm³/mol. The SMILES string of the molecule is CSc1nnc(-c2cc(Cl)cc(Cl)c2)n1N. The maximum Gasteiger partial charge on any atom is 0.209 e. The highest BCUT2D eigenvalue weighted by molar-refractivity contribution is 7.98. The summed E-state index contributed by atoms with van der Waals surface area (Å²) in [5.41, 5.74) is 0.743. The summed E-state index contributed by atoms with van der Waals surface area (Å²) < 4.78 is 1.41. The molecule has 1 heterocycles. The van der Waals surface area contributed by atoms with Gasteiger partial charge in [-0.25, -0.2) is 4.68 Å². The fourth-order valence-corrected chi connectivity index (χ4v) is 2.23. The van der Waals surface area contributed by atoms with Crippen molar-refractivity contribution in [3.05, 3.63) is 28.2 Å². The number of benzene rings is 1. The average Bonchev–Trinajstić information content (AvgIpc) is 2.58. The number of hydrogen-bond acceptors (Lipinski definition) is 4. The van der Waals surface area contributed by atoms with Crippen LogP contribution in [0.1, 0.15) is 0 Å². The number of hydrogen-bond donors (Lipinski definition) is 1. The van der Waals surface area contributed by atoms with Crippen LogP contribution in [0, 0.1) is 0 Å². The van der Waals surface area contributed by atoms with E-state index in [-0.39, 0.29) is 0 Å². The van der Waals surface area contributed by atoms with Gasteiger partial charge in [-0.3, -0.25) is 0 Å². The van der Waals surface area contributed by atoms with E-state index in [9.17, 15) is 0 Å². The molecular weight excluding hydrogens is 267 g/mol. The fourth-order valence-electron chi connectivity index (χ4n) is 1.30. The predicted octanol–water partition coefficient (Wildman–Crippen LogP) is 2.69. The lowest BCUT2D eigenvalue weighted by molar-refractivity contribution is 0.852. The van der Waals surface area contributed by atoms with Gasteiger partial charge in [0.05, 0.1) is 0 Å². The largest absolute Gasteiger partial charge is 0.335 e. The van der Waals surface area contributed by atoms with Crippen LogP contribution in [0.15, 0.2) is 23.4 Å². The molecule has 0 bridgehead atoms. The van der Waals surface area contributed by atoms with Crippen molar-refractivity contribution in [1.82, 2.24) is 14.9 Å². The number of nitrogens with two attached hydrogens (primary N) is 1. The molecule has 2 N–H and O–H groups in total. The minimum absolute atomic E-state index is 0.536. The number of nitrogen functional groups attached to an aromatic ring is 1. The van der Waals surface area contributed by atoms with Crippen LogP contribution in [0.5, 0.6) is 0 Å². The van der Waals surface area contributed by atoms with Gasteiger partial charge in [-0.15, -0.1) is 10.2 Å². The monoisotopic (exact) mass is 274 g/mol. The molecule has 2 aromatic rings. The van der Waals surface area contributed by atoms with E-state index in [1.54, 1.807) is 18.2 Å². The Morgan fingerprint density at radius 3 is 2.31 bits per heavy atom. The van der Waals surface area contributed by atoms with Gasteiger partial charge in [-0.05, 0) is 24.5 Å². The van der Waals surface area contributed by atoms with E-state index < -0.39 is 0 Å². The topological polar surface area (TPSA) is 56.7 Å². The van der Waals surface area contributed by atoms with Crippen molar-refractivity contribution in [2.75, 3.05) is 12.1 Å². The van der Waals surface area contributed by atoms with Crippen molar-refractivity contribution in [2.45, 2.75) is 5.16 Å². The van der Waals surface area contributed by atoms with E-state index in [0.29, 0.717) is 21.0 Å². The highest BCUT2D eigenvalue weighted by atomic mass is 35.5. The van der Waals surface area contributed by atoms with E-state index in [1.807, 2.05) is 6.26 Å². The number of rotatable bonds is 2. The molecule has 1 aromatic heterocycles. The smallest absolute Gasteiger partial charge is 0.209 e. The van der Waals surface area contributed by atoms with Crippen LogP contribution in [-0.4, -0.2) is 21.1 Å². The van der Waals surface area contributed by atoms with E-state index >= 15 is 0 Å².